The summed E-state index contributed by atoms with van der Waals surface area (Å²) in [6.07, 6.45) is 0.415. The monoisotopic (exact) mass is 351 g/mol. The van der Waals surface area contributed by atoms with Crippen molar-refractivity contribution in [1.82, 2.24) is 14.5 Å². The van der Waals surface area contributed by atoms with Gasteiger partial charge in [0.2, 0.25) is 5.89 Å². The first-order valence-electron chi connectivity index (χ1n) is 7.63. The number of imidazole rings is 1. The van der Waals surface area contributed by atoms with Gasteiger partial charge in [-0.25, -0.2) is 9.97 Å². The van der Waals surface area contributed by atoms with Gasteiger partial charge in [-0.1, -0.05) is 13.8 Å². The van der Waals surface area contributed by atoms with Crippen LogP contribution in [0.5, 0.6) is 5.75 Å². The summed E-state index contributed by atoms with van der Waals surface area (Å²) in [5.74, 6) is 1.27. The molecular weight excluding hydrogens is 335 g/mol. The lowest BCUT2D eigenvalue weighted by Gasteiger charge is -2.08. The quantitative estimate of drug-likeness (QED) is 0.674. The lowest BCUT2D eigenvalue weighted by atomic mass is 10.2. The average molecular weight is 351 g/mol. The van der Waals surface area contributed by atoms with Crippen LogP contribution in [0.4, 0.5) is 13.2 Å². The number of oxazole rings is 1. The second-order valence-corrected chi connectivity index (χ2v) is 5.78. The predicted octanol–water partition coefficient (Wildman–Crippen LogP) is 4.61. The minimum atomic E-state index is -4.71. The molecule has 132 valence electrons. The maximum absolute atomic E-state index is 12.2. The third-order valence-electron chi connectivity index (χ3n) is 3.48. The number of nitrogens with zero attached hydrogens (tertiary/aromatic N) is 3. The van der Waals surface area contributed by atoms with Gasteiger partial charge in [0.25, 0.3) is 0 Å². The minimum Gasteiger partial charge on any atom is -0.444 e. The van der Waals surface area contributed by atoms with Crippen molar-refractivity contribution in [2.45, 2.75) is 32.7 Å². The summed E-state index contributed by atoms with van der Waals surface area (Å²) in [4.78, 5) is 8.70. The van der Waals surface area contributed by atoms with Crippen LogP contribution in [-0.4, -0.2) is 20.9 Å². The summed E-state index contributed by atoms with van der Waals surface area (Å²) in [7, 11) is 0. The molecule has 3 aromatic rings. The maximum atomic E-state index is 12.2. The molecule has 0 saturated carbocycles. The standard InChI is InChI=1S/C17H16F3N3O2/c1-11(2)15-21-7-8-23(15)9-13-10-24-16(22-13)12-3-5-14(6-4-12)25-17(18,19)20/h3-8,10-11H,9H2,1-2H3. The molecule has 5 nitrogen and oxygen atoms in total. The first-order valence-corrected chi connectivity index (χ1v) is 7.63. The molecule has 0 fully saturated rings. The maximum Gasteiger partial charge on any atom is 0.573 e. The zero-order valence-electron chi connectivity index (χ0n) is 13.6. The van der Waals surface area contributed by atoms with Gasteiger partial charge in [-0.05, 0) is 24.3 Å². The Hall–Kier alpha value is -2.77. The Morgan fingerprint density at radius 3 is 2.56 bits per heavy atom. The molecule has 2 heterocycles. The Morgan fingerprint density at radius 2 is 1.92 bits per heavy atom. The van der Waals surface area contributed by atoms with Gasteiger partial charge in [0.15, 0.2) is 0 Å². The van der Waals surface area contributed by atoms with E-state index in [1.54, 1.807) is 6.20 Å². The van der Waals surface area contributed by atoms with E-state index < -0.39 is 6.36 Å². The number of hydrogen-bond acceptors (Lipinski definition) is 4. The predicted molar refractivity (Wildman–Crippen MR) is 84.0 cm³/mol. The lowest BCUT2D eigenvalue weighted by Crippen LogP contribution is -2.16. The van der Waals surface area contributed by atoms with Crippen molar-refractivity contribution in [1.29, 1.82) is 0 Å². The van der Waals surface area contributed by atoms with Gasteiger partial charge in [-0.2, -0.15) is 0 Å². The number of halogens is 3. The molecule has 0 aliphatic heterocycles. The average Bonchev–Trinajstić information content (AvgIpc) is 3.16. The van der Waals surface area contributed by atoms with Crippen molar-refractivity contribution in [3.8, 4) is 17.2 Å². The van der Waals surface area contributed by atoms with Crippen molar-refractivity contribution < 1.29 is 22.3 Å². The van der Waals surface area contributed by atoms with Crippen LogP contribution >= 0.6 is 0 Å². The summed E-state index contributed by atoms with van der Waals surface area (Å²) in [5.41, 5.74) is 1.26. The Morgan fingerprint density at radius 1 is 1.20 bits per heavy atom. The summed E-state index contributed by atoms with van der Waals surface area (Å²) >= 11 is 0. The SMILES string of the molecule is CC(C)c1nccn1Cc1coc(-c2ccc(OC(F)(F)F)cc2)n1. The topological polar surface area (TPSA) is 53.1 Å². The Balaban J connectivity index is 1.74. The van der Waals surface area contributed by atoms with Crippen LogP contribution in [0.2, 0.25) is 0 Å². The van der Waals surface area contributed by atoms with Crippen molar-refractivity contribution in [3.05, 3.63) is 54.4 Å². The molecule has 0 amide bonds. The Labute approximate surface area is 142 Å². The van der Waals surface area contributed by atoms with Gasteiger partial charge in [-0.3, -0.25) is 0 Å². The molecule has 0 radical (unpaired) electrons. The van der Waals surface area contributed by atoms with E-state index in [1.165, 1.54) is 30.5 Å². The van der Waals surface area contributed by atoms with Gasteiger partial charge >= 0.3 is 6.36 Å². The molecule has 0 bridgehead atoms. The molecule has 25 heavy (non-hydrogen) atoms. The summed E-state index contributed by atoms with van der Waals surface area (Å²) in [6, 6.07) is 5.37. The van der Waals surface area contributed by atoms with E-state index in [-0.39, 0.29) is 11.7 Å². The Bertz CT molecular complexity index is 835. The largest absolute Gasteiger partial charge is 0.573 e. The van der Waals surface area contributed by atoms with Gasteiger partial charge < -0.3 is 13.7 Å². The van der Waals surface area contributed by atoms with Crippen LogP contribution in [0.25, 0.3) is 11.5 Å². The normalized spacial score (nSPS) is 11.9. The first kappa shape index (κ1) is 17.1. The molecule has 8 heteroatoms. The fourth-order valence-electron chi connectivity index (χ4n) is 2.44. The van der Waals surface area contributed by atoms with Crippen LogP contribution in [0.15, 0.2) is 47.3 Å². The van der Waals surface area contributed by atoms with Crippen LogP contribution in [0.3, 0.4) is 0 Å². The smallest absolute Gasteiger partial charge is 0.444 e. The number of aromatic nitrogens is 3. The van der Waals surface area contributed by atoms with E-state index in [0.717, 1.165) is 5.82 Å². The van der Waals surface area contributed by atoms with Crippen molar-refractivity contribution >= 4 is 0 Å². The summed E-state index contributed by atoms with van der Waals surface area (Å²) < 4.78 is 47.8. The molecule has 0 atom stereocenters. The molecular formula is C17H16F3N3O2. The fourth-order valence-corrected chi connectivity index (χ4v) is 2.44. The summed E-state index contributed by atoms with van der Waals surface area (Å²) in [5, 5.41) is 0. The molecule has 3 rings (SSSR count). The number of benzene rings is 1. The van der Waals surface area contributed by atoms with Crippen molar-refractivity contribution in [2.75, 3.05) is 0 Å². The number of hydrogen-bond donors (Lipinski definition) is 0. The van der Waals surface area contributed by atoms with Crippen LogP contribution < -0.4 is 4.74 Å². The van der Waals surface area contributed by atoms with Gasteiger partial charge in [0.1, 0.15) is 17.8 Å². The van der Waals surface area contributed by atoms with E-state index in [9.17, 15) is 13.2 Å². The van der Waals surface area contributed by atoms with E-state index >= 15 is 0 Å². The highest BCUT2D eigenvalue weighted by Gasteiger charge is 2.31. The molecule has 0 aliphatic rings. The van der Waals surface area contributed by atoms with E-state index in [1.807, 2.05) is 10.8 Å². The van der Waals surface area contributed by atoms with E-state index in [0.29, 0.717) is 23.7 Å². The second kappa shape index (κ2) is 6.62. The molecule has 0 N–H and O–H groups in total. The molecule has 0 aliphatic carbocycles. The summed E-state index contributed by atoms with van der Waals surface area (Å²) in [6.45, 7) is 4.61. The second-order valence-electron chi connectivity index (χ2n) is 5.78. The molecule has 0 spiro atoms. The third kappa shape index (κ3) is 4.20. The molecule has 0 saturated heterocycles. The molecule has 0 unspecified atom stereocenters. The first-order chi connectivity index (χ1) is 11.8. The number of alkyl halides is 3. The van der Waals surface area contributed by atoms with Gasteiger partial charge in [0.05, 0.1) is 12.2 Å². The molecule has 2 aromatic heterocycles. The highest BCUT2D eigenvalue weighted by atomic mass is 19.4. The number of ether oxygens (including phenoxy) is 1. The van der Waals surface area contributed by atoms with Gasteiger partial charge in [0, 0.05) is 23.9 Å². The highest BCUT2D eigenvalue weighted by molar-refractivity contribution is 5.54. The van der Waals surface area contributed by atoms with Crippen LogP contribution in [-0.2, 0) is 6.54 Å². The van der Waals surface area contributed by atoms with Crippen LogP contribution in [0, 0.1) is 0 Å². The fraction of sp³-hybridized carbons (Fsp3) is 0.294. The molecule has 1 aromatic carbocycles. The zero-order valence-corrected chi connectivity index (χ0v) is 13.6. The number of rotatable bonds is 5. The third-order valence-corrected chi connectivity index (χ3v) is 3.48. The lowest BCUT2D eigenvalue weighted by molar-refractivity contribution is -0.274. The minimum absolute atomic E-state index is 0.280. The van der Waals surface area contributed by atoms with Crippen LogP contribution in [0.1, 0.15) is 31.3 Å². The van der Waals surface area contributed by atoms with Crippen molar-refractivity contribution in [3.63, 3.8) is 0 Å². The van der Waals surface area contributed by atoms with Gasteiger partial charge in [-0.15, -0.1) is 13.2 Å². The van der Waals surface area contributed by atoms with Crippen molar-refractivity contribution in [2.24, 2.45) is 0 Å². The zero-order chi connectivity index (χ0) is 18.0. The highest BCUT2D eigenvalue weighted by Crippen LogP contribution is 2.26. The Kier molecular flexibility index (Phi) is 4.52. The van der Waals surface area contributed by atoms with E-state index in [2.05, 4.69) is 28.6 Å². The van der Waals surface area contributed by atoms with E-state index in [4.69, 9.17) is 4.42 Å².